The van der Waals surface area contributed by atoms with Gasteiger partial charge in [0.25, 0.3) is 0 Å². The second-order valence-corrected chi connectivity index (χ2v) is 4.74. The van der Waals surface area contributed by atoms with Gasteiger partial charge in [-0.2, -0.15) is 0 Å². The van der Waals surface area contributed by atoms with Gasteiger partial charge < -0.3 is 20.5 Å². The van der Waals surface area contributed by atoms with E-state index in [1.54, 1.807) is 25.3 Å². The average Bonchev–Trinajstić information content (AvgIpc) is 2.41. The van der Waals surface area contributed by atoms with Crippen LogP contribution in [0.3, 0.4) is 0 Å². The van der Waals surface area contributed by atoms with Gasteiger partial charge >= 0.3 is 0 Å². The van der Waals surface area contributed by atoms with Crippen LogP contribution in [0.5, 0.6) is 5.75 Å². The molecule has 1 amide bonds. The lowest BCUT2D eigenvalue weighted by atomic mass is 10.1. The molecule has 1 rings (SSSR count). The van der Waals surface area contributed by atoms with Crippen molar-refractivity contribution in [3.05, 3.63) is 23.8 Å². The first-order valence-electron chi connectivity index (χ1n) is 6.93. The highest BCUT2D eigenvalue weighted by Gasteiger charge is 2.11. The van der Waals surface area contributed by atoms with E-state index in [2.05, 4.69) is 10.6 Å². The van der Waals surface area contributed by atoms with Crippen LogP contribution in [0, 0.1) is 0 Å². The van der Waals surface area contributed by atoms with E-state index in [4.69, 9.17) is 4.74 Å². The van der Waals surface area contributed by atoms with Crippen LogP contribution in [0.15, 0.2) is 18.2 Å². The summed E-state index contributed by atoms with van der Waals surface area (Å²) in [6.45, 7) is 5.23. The largest absolute Gasteiger partial charge is 0.508 e. The number of phenolic OH excluding ortho intramolecular Hbond substituents is 1. The second kappa shape index (κ2) is 8.55. The van der Waals surface area contributed by atoms with Crippen LogP contribution in [0.1, 0.15) is 38.3 Å². The second-order valence-electron chi connectivity index (χ2n) is 4.74. The Balaban J connectivity index is 2.72. The third-order valence-corrected chi connectivity index (χ3v) is 3.01. The van der Waals surface area contributed by atoms with Gasteiger partial charge in [0.05, 0.1) is 6.61 Å². The number of nitrogens with one attached hydrogen (secondary N) is 2. The predicted octanol–water partition coefficient (Wildman–Crippen LogP) is 2.43. The van der Waals surface area contributed by atoms with Crippen molar-refractivity contribution in [2.75, 3.05) is 25.6 Å². The molecule has 1 aromatic rings. The Bertz CT molecular complexity index is 435. The fourth-order valence-electron chi connectivity index (χ4n) is 1.92. The molecule has 0 saturated heterocycles. The summed E-state index contributed by atoms with van der Waals surface area (Å²) in [6.07, 6.45) is 1.31. The molecule has 0 aliphatic rings. The van der Waals surface area contributed by atoms with Gasteiger partial charge in [-0.05, 0) is 31.5 Å². The van der Waals surface area contributed by atoms with Crippen molar-refractivity contribution < 1.29 is 14.6 Å². The maximum absolute atomic E-state index is 11.6. The molecule has 0 bridgehead atoms. The predicted molar refractivity (Wildman–Crippen MR) is 79.9 cm³/mol. The third kappa shape index (κ3) is 5.19. The van der Waals surface area contributed by atoms with Gasteiger partial charge in [-0.25, -0.2) is 0 Å². The van der Waals surface area contributed by atoms with Gasteiger partial charge in [-0.1, -0.05) is 6.92 Å². The minimum Gasteiger partial charge on any atom is -0.508 e. The van der Waals surface area contributed by atoms with Crippen LogP contribution >= 0.6 is 0 Å². The number of amides is 1. The monoisotopic (exact) mass is 280 g/mol. The summed E-state index contributed by atoms with van der Waals surface area (Å²) in [5, 5.41) is 16.0. The Morgan fingerprint density at radius 1 is 1.45 bits per heavy atom. The van der Waals surface area contributed by atoms with Crippen molar-refractivity contribution >= 4 is 11.6 Å². The Kier molecular flexibility index (Phi) is 7.04. The number of carbonyl (C=O) groups is 1. The van der Waals surface area contributed by atoms with Gasteiger partial charge in [-0.15, -0.1) is 0 Å². The number of carbonyl (C=O) groups excluding carboxylic acids is 1. The molecule has 0 spiro atoms. The quantitative estimate of drug-likeness (QED) is 0.505. The average molecular weight is 280 g/mol. The number of hydrogen-bond acceptors (Lipinski definition) is 4. The lowest BCUT2D eigenvalue weighted by Gasteiger charge is -2.17. The number of ether oxygens (including phenoxy) is 1. The molecular weight excluding hydrogens is 256 g/mol. The van der Waals surface area contributed by atoms with Crippen molar-refractivity contribution in [3.8, 4) is 5.75 Å². The molecule has 0 radical (unpaired) electrons. The van der Waals surface area contributed by atoms with Gasteiger partial charge in [-0.3, -0.25) is 4.79 Å². The number of phenols is 1. The number of methoxy groups -OCH3 is 1. The van der Waals surface area contributed by atoms with E-state index in [9.17, 15) is 9.90 Å². The summed E-state index contributed by atoms with van der Waals surface area (Å²) >= 11 is 0. The van der Waals surface area contributed by atoms with Crippen molar-refractivity contribution in [3.63, 3.8) is 0 Å². The molecule has 0 saturated carbocycles. The van der Waals surface area contributed by atoms with E-state index < -0.39 is 0 Å². The van der Waals surface area contributed by atoms with Crippen molar-refractivity contribution in [1.29, 1.82) is 0 Å². The van der Waals surface area contributed by atoms with Gasteiger partial charge in [0, 0.05) is 37.4 Å². The Morgan fingerprint density at radius 2 is 2.20 bits per heavy atom. The first-order chi connectivity index (χ1) is 9.58. The first-order valence-corrected chi connectivity index (χ1v) is 6.93. The maximum atomic E-state index is 11.6. The van der Waals surface area contributed by atoms with Crippen molar-refractivity contribution in [1.82, 2.24) is 5.32 Å². The molecule has 0 aromatic heterocycles. The minimum atomic E-state index is -0.0202. The smallest absolute Gasteiger partial charge is 0.224 e. The van der Waals surface area contributed by atoms with E-state index in [0.717, 1.165) is 12.0 Å². The summed E-state index contributed by atoms with van der Waals surface area (Å²) in [7, 11) is 1.65. The van der Waals surface area contributed by atoms with Gasteiger partial charge in [0.1, 0.15) is 5.75 Å². The van der Waals surface area contributed by atoms with E-state index in [1.807, 2.05) is 13.8 Å². The summed E-state index contributed by atoms with van der Waals surface area (Å²) in [4.78, 5) is 11.6. The molecule has 5 heteroatoms. The fourth-order valence-corrected chi connectivity index (χ4v) is 1.92. The van der Waals surface area contributed by atoms with Crippen LogP contribution in [-0.2, 0) is 9.53 Å². The van der Waals surface area contributed by atoms with E-state index >= 15 is 0 Å². The van der Waals surface area contributed by atoms with Gasteiger partial charge in [0.2, 0.25) is 5.91 Å². The molecule has 112 valence electrons. The molecule has 0 aliphatic heterocycles. The fraction of sp³-hybridized carbons (Fsp3) is 0.533. The van der Waals surface area contributed by atoms with Crippen LogP contribution in [0.4, 0.5) is 5.69 Å². The third-order valence-electron chi connectivity index (χ3n) is 3.01. The number of hydrogen-bond donors (Lipinski definition) is 3. The molecule has 1 unspecified atom stereocenters. The highest BCUT2D eigenvalue weighted by Crippen LogP contribution is 2.27. The van der Waals surface area contributed by atoms with Crippen LogP contribution in [-0.4, -0.2) is 31.3 Å². The van der Waals surface area contributed by atoms with Crippen molar-refractivity contribution in [2.24, 2.45) is 0 Å². The molecule has 5 nitrogen and oxygen atoms in total. The van der Waals surface area contributed by atoms with Crippen LogP contribution in [0.2, 0.25) is 0 Å². The van der Waals surface area contributed by atoms with Gasteiger partial charge in [0.15, 0.2) is 0 Å². The lowest BCUT2D eigenvalue weighted by Crippen LogP contribution is -2.23. The highest BCUT2D eigenvalue weighted by atomic mass is 16.5. The normalized spacial score (nSPS) is 12.2. The molecular formula is C15H24N2O3. The van der Waals surface area contributed by atoms with E-state index in [1.165, 1.54) is 0 Å². The Hall–Kier alpha value is -1.59. The molecule has 1 atom stereocenters. The molecule has 1 aromatic carbocycles. The maximum Gasteiger partial charge on any atom is 0.224 e. The summed E-state index contributed by atoms with van der Waals surface area (Å²) in [5.74, 6) is 0.208. The summed E-state index contributed by atoms with van der Waals surface area (Å²) in [5.41, 5.74) is 1.46. The molecule has 0 aliphatic carbocycles. The van der Waals surface area contributed by atoms with E-state index in [0.29, 0.717) is 25.3 Å². The summed E-state index contributed by atoms with van der Waals surface area (Å²) < 4.78 is 4.98. The minimum absolute atomic E-state index is 0.0101. The molecule has 0 heterocycles. The number of anilines is 1. The summed E-state index contributed by atoms with van der Waals surface area (Å²) in [6, 6.07) is 5.08. The molecule has 0 fully saturated rings. The van der Waals surface area contributed by atoms with Crippen molar-refractivity contribution in [2.45, 2.75) is 32.7 Å². The topological polar surface area (TPSA) is 70.6 Å². The Labute approximate surface area is 120 Å². The Morgan fingerprint density at radius 3 is 2.85 bits per heavy atom. The first kappa shape index (κ1) is 16.5. The van der Waals surface area contributed by atoms with E-state index in [-0.39, 0.29) is 17.7 Å². The molecule has 3 N–H and O–H groups in total. The van der Waals surface area contributed by atoms with Crippen LogP contribution < -0.4 is 10.6 Å². The number of rotatable bonds is 8. The zero-order valence-corrected chi connectivity index (χ0v) is 12.4. The standard InChI is InChI=1S/C15H24N2O3/c1-4-5-15(19)17-12-6-7-14(18)13(10-12)11(2)16-8-9-20-3/h6-7,10-11,16,18H,4-5,8-9H2,1-3H3,(H,17,19). The number of aromatic hydroxyl groups is 1. The number of benzene rings is 1. The zero-order chi connectivity index (χ0) is 15.0. The lowest BCUT2D eigenvalue weighted by molar-refractivity contribution is -0.116. The highest BCUT2D eigenvalue weighted by molar-refractivity contribution is 5.90. The molecule has 20 heavy (non-hydrogen) atoms. The zero-order valence-electron chi connectivity index (χ0n) is 12.4. The van der Waals surface area contributed by atoms with Crippen LogP contribution in [0.25, 0.3) is 0 Å². The SMILES string of the molecule is CCCC(=O)Nc1ccc(O)c(C(C)NCCOC)c1.